The Morgan fingerprint density at radius 1 is 1.21 bits per heavy atom. The predicted molar refractivity (Wildman–Crippen MR) is 100 cm³/mol. The zero-order valence-corrected chi connectivity index (χ0v) is 15.9. The second kappa shape index (κ2) is 8.19. The van der Waals surface area contributed by atoms with E-state index in [-0.39, 0.29) is 16.5 Å². The molecule has 0 aliphatic heterocycles. The molecule has 0 bridgehead atoms. The number of nitrogens with one attached hydrogen (secondary N) is 1. The number of amides is 1. The monoisotopic (exact) mass is 427 g/mol. The number of anilines is 1. The van der Waals surface area contributed by atoms with Crippen molar-refractivity contribution in [1.29, 1.82) is 0 Å². The molecule has 28 heavy (non-hydrogen) atoms. The van der Waals surface area contributed by atoms with Gasteiger partial charge in [-0.2, -0.15) is 13.2 Å². The summed E-state index contributed by atoms with van der Waals surface area (Å²) in [4.78, 5) is 16.1. The number of halogens is 4. The smallest absolute Gasteiger partial charge is 0.324 e. The van der Waals surface area contributed by atoms with Crippen LogP contribution in [-0.4, -0.2) is 31.4 Å². The molecular formula is C17H13ClF3N5OS. The zero-order chi connectivity index (χ0) is 20.3. The van der Waals surface area contributed by atoms with E-state index in [1.807, 2.05) is 0 Å². The minimum absolute atomic E-state index is 0.0185. The first-order chi connectivity index (χ1) is 13.3. The highest BCUT2D eigenvalue weighted by molar-refractivity contribution is 7.99. The largest absolute Gasteiger partial charge is 0.416 e. The van der Waals surface area contributed by atoms with Gasteiger partial charge in [0.25, 0.3) is 0 Å². The molecule has 0 fully saturated rings. The molecule has 0 unspecified atom stereocenters. The lowest BCUT2D eigenvalue weighted by molar-refractivity contribution is -0.137. The van der Waals surface area contributed by atoms with E-state index in [1.165, 1.54) is 0 Å². The van der Waals surface area contributed by atoms with Gasteiger partial charge in [0.05, 0.1) is 22.0 Å². The number of carbonyl (C=O) groups is 1. The highest BCUT2D eigenvalue weighted by Gasteiger charge is 2.31. The molecule has 0 aliphatic carbocycles. The van der Waals surface area contributed by atoms with E-state index >= 15 is 0 Å². The van der Waals surface area contributed by atoms with Crippen molar-refractivity contribution in [3.63, 3.8) is 0 Å². The SMILES string of the molecule is Cn1c(SCC(=O)Nc2cc(C(F)(F)F)ccc2Cl)nnc1-c1ccncc1. The van der Waals surface area contributed by atoms with E-state index in [4.69, 9.17) is 11.6 Å². The number of thioether (sulfide) groups is 1. The molecule has 0 saturated heterocycles. The Kier molecular flexibility index (Phi) is 5.90. The van der Waals surface area contributed by atoms with Gasteiger partial charge in [-0.15, -0.1) is 10.2 Å². The molecule has 6 nitrogen and oxygen atoms in total. The summed E-state index contributed by atoms with van der Waals surface area (Å²) < 4.78 is 40.1. The summed E-state index contributed by atoms with van der Waals surface area (Å²) in [6, 6.07) is 6.31. The van der Waals surface area contributed by atoms with Crippen molar-refractivity contribution < 1.29 is 18.0 Å². The third-order valence-electron chi connectivity index (χ3n) is 3.67. The van der Waals surface area contributed by atoms with E-state index in [2.05, 4.69) is 20.5 Å². The third kappa shape index (κ3) is 4.63. The van der Waals surface area contributed by atoms with Crippen molar-refractivity contribution in [2.75, 3.05) is 11.1 Å². The lowest BCUT2D eigenvalue weighted by Gasteiger charge is -2.11. The van der Waals surface area contributed by atoms with Crippen molar-refractivity contribution in [2.45, 2.75) is 11.3 Å². The first-order valence-corrected chi connectivity index (χ1v) is 9.21. The standard InChI is InChI=1S/C17H13ClF3N5OS/c1-26-15(10-4-6-22-7-5-10)24-25-16(26)28-9-14(27)23-13-8-11(17(19,20)21)2-3-12(13)18/h2-8H,9H2,1H3,(H,23,27). The summed E-state index contributed by atoms with van der Waals surface area (Å²) in [6.45, 7) is 0. The fraction of sp³-hybridized carbons (Fsp3) is 0.176. The van der Waals surface area contributed by atoms with Crippen molar-refractivity contribution >= 4 is 35.0 Å². The number of aromatic nitrogens is 4. The normalized spacial score (nSPS) is 11.5. The molecule has 0 spiro atoms. The van der Waals surface area contributed by atoms with Gasteiger partial charge >= 0.3 is 6.18 Å². The molecule has 1 aromatic carbocycles. The summed E-state index contributed by atoms with van der Waals surface area (Å²) in [6.07, 6.45) is -1.27. The molecule has 0 radical (unpaired) electrons. The summed E-state index contributed by atoms with van der Waals surface area (Å²) in [5.41, 5.74) is -0.176. The Balaban J connectivity index is 1.67. The van der Waals surface area contributed by atoms with Gasteiger partial charge in [0.2, 0.25) is 5.91 Å². The molecule has 11 heteroatoms. The van der Waals surface area contributed by atoms with Crippen molar-refractivity contribution in [1.82, 2.24) is 19.7 Å². The van der Waals surface area contributed by atoms with E-state index < -0.39 is 17.6 Å². The summed E-state index contributed by atoms with van der Waals surface area (Å²) in [7, 11) is 1.75. The average Bonchev–Trinajstić information content (AvgIpc) is 3.02. The van der Waals surface area contributed by atoms with Crippen molar-refractivity contribution in [2.24, 2.45) is 7.05 Å². The number of hydrogen-bond acceptors (Lipinski definition) is 5. The third-order valence-corrected chi connectivity index (χ3v) is 5.02. The van der Waals surface area contributed by atoms with Crippen LogP contribution in [0, 0.1) is 0 Å². The second-order valence-electron chi connectivity index (χ2n) is 5.63. The topological polar surface area (TPSA) is 72.7 Å². The van der Waals surface area contributed by atoms with Gasteiger partial charge in [0.15, 0.2) is 11.0 Å². The first-order valence-electron chi connectivity index (χ1n) is 7.85. The Labute approximate surface area is 167 Å². The van der Waals surface area contributed by atoms with E-state index in [9.17, 15) is 18.0 Å². The number of benzene rings is 1. The molecule has 146 valence electrons. The Morgan fingerprint density at radius 3 is 2.61 bits per heavy atom. The van der Waals surface area contributed by atoms with Gasteiger partial charge in [0, 0.05) is 25.0 Å². The van der Waals surface area contributed by atoms with E-state index in [0.717, 1.165) is 35.5 Å². The average molecular weight is 428 g/mol. The molecule has 0 saturated carbocycles. The van der Waals surface area contributed by atoms with Gasteiger partial charge in [-0.05, 0) is 30.3 Å². The lowest BCUT2D eigenvalue weighted by atomic mass is 10.2. The van der Waals surface area contributed by atoms with Crippen LogP contribution in [0.25, 0.3) is 11.4 Å². The van der Waals surface area contributed by atoms with Crippen LogP contribution < -0.4 is 5.32 Å². The van der Waals surface area contributed by atoms with Gasteiger partial charge in [0.1, 0.15) is 0 Å². The molecular weight excluding hydrogens is 415 g/mol. The van der Waals surface area contributed by atoms with Gasteiger partial charge < -0.3 is 9.88 Å². The maximum Gasteiger partial charge on any atom is 0.416 e. The molecule has 2 heterocycles. The summed E-state index contributed by atoms with van der Waals surface area (Å²) >= 11 is 6.99. The molecule has 3 aromatic rings. The second-order valence-corrected chi connectivity index (χ2v) is 6.98. The maximum atomic E-state index is 12.8. The summed E-state index contributed by atoms with van der Waals surface area (Å²) in [5, 5.41) is 11.0. The van der Waals surface area contributed by atoms with Crippen LogP contribution in [0.3, 0.4) is 0 Å². The molecule has 3 rings (SSSR count). The molecule has 0 atom stereocenters. The molecule has 0 aliphatic rings. The Hall–Kier alpha value is -2.59. The fourth-order valence-electron chi connectivity index (χ4n) is 2.31. The minimum Gasteiger partial charge on any atom is -0.324 e. The fourth-order valence-corrected chi connectivity index (χ4v) is 3.18. The molecule has 1 amide bonds. The van der Waals surface area contributed by atoms with Crippen LogP contribution in [0.15, 0.2) is 47.9 Å². The van der Waals surface area contributed by atoms with Crippen molar-refractivity contribution in [3.05, 3.63) is 53.3 Å². The number of pyridine rings is 1. The van der Waals surface area contributed by atoms with Gasteiger partial charge in [-0.3, -0.25) is 9.78 Å². The van der Waals surface area contributed by atoms with Crippen molar-refractivity contribution in [3.8, 4) is 11.4 Å². The van der Waals surface area contributed by atoms with Crippen LogP contribution in [-0.2, 0) is 18.0 Å². The molecule has 2 aromatic heterocycles. The maximum absolute atomic E-state index is 12.8. The van der Waals surface area contributed by atoms with Crippen LogP contribution in [0.1, 0.15) is 5.56 Å². The molecule has 1 N–H and O–H groups in total. The highest BCUT2D eigenvalue weighted by Crippen LogP contribution is 2.34. The van der Waals surface area contributed by atoms with Crippen LogP contribution in [0.4, 0.5) is 18.9 Å². The van der Waals surface area contributed by atoms with Crippen LogP contribution in [0.5, 0.6) is 0 Å². The number of nitrogens with zero attached hydrogens (tertiary/aromatic N) is 4. The van der Waals surface area contributed by atoms with Gasteiger partial charge in [-0.25, -0.2) is 0 Å². The van der Waals surface area contributed by atoms with Gasteiger partial charge in [-0.1, -0.05) is 23.4 Å². The summed E-state index contributed by atoms with van der Waals surface area (Å²) in [5.74, 6) is 0.0143. The number of hydrogen-bond donors (Lipinski definition) is 1. The minimum atomic E-state index is -4.53. The zero-order valence-electron chi connectivity index (χ0n) is 14.4. The highest BCUT2D eigenvalue weighted by atomic mass is 35.5. The first kappa shape index (κ1) is 20.2. The number of alkyl halides is 3. The van der Waals surface area contributed by atoms with Crippen LogP contribution in [0.2, 0.25) is 5.02 Å². The number of rotatable bonds is 5. The lowest BCUT2D eigenvalue weighted by Crippen LogP contribution is -2.16. The quantitative estimate of drug-likeness (QED) is 0.615. The Morgan fingerprint density at radius 2 is 1.93 bits per heavy atom. The predicted octanol–water partition coefficient (Wildman–Crippen LogP) is 4.28. The van der Waals surface area contributed by atoms with E-state index in [0.29, 0.717) is 11.0 Å². The number of carbonyl (C=O) groups excluding carboxylic acids is 1. The van der Waals surface area contributed by atoms with E-state index in [1.54, 1.807) is 36.1 Å². The Bertz CT molecular complexity index is 994. The van der Waals surface area contributed by atoms with Crippen LogP contribution >= 0.6 is 23.4 Å².